The van der Waals surface area contributed by atoms with E-state index in [1.54, 1.807) is 6.07 Å². The molecule has 0 spiro atoms. The van der Waals surface area contributed by atoms with Crippen LogP contribution in [0.15, 0.2) is 40.8 Å². The Morgan fingerprint density at radius 1 is 1.29 bits per heavy atom. The number of anilines is 1. The summed E-state index contributed by atoms with van der Waals surface area (Å²) in [5.41, 5.74) is 1.75. The Morgan fingerprint density at radius 3 is 2.52 bits per heavy atom. The lowest BCUT2D eigenvalue weighted by Gasteiger charge is -2.24. The number of rotatable bonds is 5. The summed E-state index contributed by atoms with van der Waals surface area (Å²) in [6.45, 7) is 6.39. The Morgan fingerprint density at radius 2 is 1.95 bits per heavy atom. The molecule has 4 heteroatoms. The third kappa shape index (κ3) is 3.88. The first-order chi connectivity index (χ1) is 9.97. The molecule has 2 rings (SSSR count). The molecule has 0 saturated carbocycles. The summed E-state index contributed by atoms with van der Waals surface area (Å²) in [5, 5.41) is 3.01. The van der Waals surface area contributed by atoms with Crippen molar-refractivity contribution < 1.29 is 9.21 Å². The summed E-state index contributed by atoms with van der Waals surface area (Å²) in [6, 6.07) is 11.9. The van der Waals surface area contributed by atoms with E-state index in [-0.39, 0.29) is 11.9 Å². The quantitative estimate of drug-likeness (QED) is 0.918. The Kier molecular flexibility index (Phi) is 4.68. The van der Waals surface area contributed by atoms with Crippen LogP contribution in [0.3, 0.4) is 0 Å². The summed E-state index contributed by atoms with van der Waals surface area (Å²) < 4.78 is 5.40. The second-order valence-corrected chi connectivity index (χ2v) is 5.42. The Labute approximate surface area is 125 Å². The van der Waals surface area contributed by atoms with Gasteiger partial charge in [0.2, 0.25) is 0 Å². The van der Waals surface area contributed by atoms with Gasteiger partial charge in [0.1, 0.15) is 11.5 Å². The number of likely N-dealkylation sites (N-methyl/N-ethyl adjacent to an activating group) is 1. The smallest absolute Gasteiger partial charge is 0.255 e. The van der Waals surface area contributed by atoms with Gasteiger partial charge >= 0.3 is 0 Å². The number of benzene rings is 1. The fourth-order valence-electron chi connectivity index (χ4n) is 2.40. The highest BCUT2D eigenvalue weighted by atomic mass is 16.3. The van der Waals surface area contributed by atoms with Crippen molar-refractivity contribution in [2.24, 2.45) is 0 Å². The van der Waals surface area contributed by atoms with E-state index < -0.39 is 0 Å². The predicted octanol–water partition coefficient (Wildman–Crippen LogP) is 3.15. The summed E-state index contributed by atoms with van der Waals surface area (Å²) >= 11 is 0. The molecule has 0 saturated heterocycles. The average Bonchev–Trinajstić information content (AvgIpc) is 2.78. The number of nitrogens with zero attached hydrogens (tertiary/aromatic N) is 1. The van der Waals surface area contributed by atoms with E-state index in [0.29, 0.717) is 11.3 Å². The zero-order chi connectivity index (χ0) is 15.4. The summed E-state index contributed by atoms with van der Waals surface area (Å²) in [7, 11) is 2.02. The number of hydrogen-bond donors (Lipinski definition) is 1. The Balaban J connectivity index is 1.94. The number of aryl methyl sites for hydroxylation is 2. The number of furan rings is 1. The molecule has 1 aromatic carbocycles. The first-order valence-corrected chi connectivity index (χ1v) is 7.11. The number of para-hydroxylation sites is 1. The van der Waals surface area contributed by atoms with Crippen LogP contribution in [-0.4, -0.2) is 25.5 Å². The molecular formula is C17H22N2O2. The maximum Gasteiger partial charge on any atom is 0.255 e. The minimum Gasteiger partial charge on any atom is -0.466 e. The van der Waals surface area contributed by atoms with Crippen molar-refractivity contribution in [3.63, 3.8) is 0 Å². The highest BCUT2D eigenvalue weighted by molar-refractivity contribution is 5.95. The lowest BCUT2D eigenvalue weighted by atomic mass is 10.2. The molecule has 21 heavy (non-hydrogen) atoms. The molecule has 0 unspecified atom stereocenters. The Bertz CT molecular complexity index is 605. The summed E-state index contributed by atoms with van der Waals surface area (Å²) in [6.07, 6.45) is 0. The molecule has 4 nitrogen and oxygen atoms in total. The van der Waals surface area contributed by atoms with Crippen molar-refractivity contribution in [2.45, 2.75) is 26.8 Å². The SMILES string of the molecule is Cc1cc(C(=O)N[C@@H](C)CN(C)c2ccccc2)c(C)o1. The molecule has 0 aliphatic carbocycles. The second-order valence-electron chi connectivity index (χ2n) is 5.42. The minimum atomic E-state index is -0.0849. The van der Waals surface area contributed by atoms with E-state index in [0.717, 1.165) is 18.0 Å². The van der Waals surface area contributed by atoms with E-state index in [4.69, 9.17) is 4.42 Å². The van der Waals surface area contributed by atoms with Crippen LogP contribution in [0.4, 0.5) is 5.69 Å². The summed E-state index contributed by atoms with van der Waals surface area (Å²) in [5.74, 6) is 1.33. The van der Waals surface area contributed by atoms with Crippen LogP contribution in [0, 0.1) is 13.8 Å². The van der Waals surface area contributed by atoms with Gasteiger partial charge in [-0.05, 0) is 39.0 Å². The Hall–Kier alpha value is -2.23. The fraction of sp³-hybridized carbons (Fsp3) is 0.353. The van der Waals surface area contributed by atoms with Crippen molar-refractivity contribution >= 4 is 11.6 Å². The van der Waals surface area contributed by atoms with Crippen LogP contribution in [0.5, 0.6) is 0 Å². The largest absolute Gasteiger partial charge is 0.466 e. The molecule has 1 heterocycles. The normalized spacial score (nSPS) is 12.0. The van der Waals surface area contributed by atoms with E-state index in [2.05, 4.69) is 22.3 Å². The van der Waals surface area contributed by atoms with Crippen LogP contribution in [0.2, 0.25) is 0 Å². The highest BCUT2D eigenvalue weighted by Crippen LogP contribution is 2.14. The zero-order valence-corrected chi connectivity index (χ0v) is 13.0. The van der Waals surface area contributed by atoms with Gasteiger partial charge in [0, 0.05) is 25.3 Å². The van der Waals surface area contributed by atoms with Crippen LogP contribution in [-0.2, 0) is 0 Å². The number of carbonyl (C=O) groups excluding carboxylic acids is 1. The third-order valence-electron chi connectivity index (χ3n) is 3.41. The van der Waals surface area contributed by atoms with Crippen LogP contribution >= 0.6 is 0 Å². The fourth-order valence-corrected chi connectivity index (χ4v) is 2.40. The van der Waals surface area contributed by atoms with Crippen LogP contribution < -0.4 is 10.2 Å². The average molecular weight is 286 g/mol. The number of carbonyl (C=O) groups is 1. The molecule has 0 bridgehead atoms. The number of amides is 1. The first-order valence-electron chi connectivity index (χ1n) is 7.11. The predicted molar refractivity (Wildman–Crippen MR) is 84.8 cm³/mol. The second kappa shape index (κ2) is 6.48. The topological polar surface area (TPSA) is 45.5 Å². The third-order valence-corrected chi connectivity index (χ3v) is 3.41. The van der Waals surface area contributed by atoms with E-state index >= 15 is 0 Å². The maximum absolute atomic E-state index is 12.2. The van der Waals surface area contributed by atoms with E-state index in [1.807, 2.05) is 46.0 Å². The molecule has 0 radical (unpaired) electrons. The number of nitrogens with one attached hydrogen (secondary N) is 1. The standard InChI is InChI=1S/C17H22N2O2/c1-12(11-19(4)15-8-6-5-7-9-15)18-17(20)16-10-13(2)21-14(16)3/h5-10,12H,11H2,1-4H3,(H,18,20)/t12-/m0/s1. The van der Waals surface area contributed by atoms with E-state index in [9.17, 15) is 4.79 Å². The van der Waals surface area contributed by atoms with Gasteiger partial charge in [-0.25, -0.2) is 0 Å². The monoisotopic (exact) mass is 286 g/mol. The minimum absolute atomic E-state index is 0.0392. The molecule has 1 aromatic heterocycles. The van der Waals surface area contributed by atoms with Gasteiger partial charge in [0.25, 0.3) is 5.91 Å². The molecule has 1 atom stereocenters. The molecule has 0 aliphatic rings. The van der Waals surface area contributed by atoms with Gasteiger partial charge in [-0.2, -0.15) is 0 Å². The highest BCUT2D eigenvalue weighted by Gasteiger charge is 2.16. The van der Waals surface area contributed by atoms with Crippen LogP contribution in [0.25, 0.3) is 0 Å². The van der Waals surface area contributed by atoms with Crippen molar-refractivity contribution in [2.75, 3.05) is 18.5 Å². The molecule has 2 aromatic rings. The van der Waals surface area contributed by atoms with Gasteiger partial charge in [-0.1, -0.05) is 18.2 Å². The molecule has 1 amide bonds. The molecular weight excluding hydrogens is 264 g/mol. The van der Waals surface area contributed by atoms with Gasteiger partial charge in [-0.15, -0.1) is 0 Å². The molecule has 0 aliphatic heterocycles. The van der Waals surface area contributed by atoms with E-state index in [1.165, 1.54) is 0 Å². The van der Waals surface area contributed by atoms with Crippen molar-refractivity contribution in [3.05, 3.63) is 53.5 Å². The molecule has 0 fully saturated rings. The maximum atomic E-state index is 12.2. The lowest BCUT2D eigenvalue weighted by Crippen LogP contribution is -2.40. The van der Waals surface area contributed by atoms with Crippen molar-refractivity contribution in [3.8, 4) is 0 Å². The lowest BCUT2D eigenvalue weighted by molar-refractivity contribution is 0.0939. The zero-order valence-electron chi connectivity index (χ0n) is 13.0. The van der Waals surface area contributed by atoms with Gasteiger partial charge < -0.3 is 14.6 Å². The van der Waals surface area contributed by atoms with Gasteiger partial charge in [0.05, 0.1) is 5.56 Å². The van der Waals surface area contributed by atoms with Crippen molar-refractivity contribution in [1.82, 2.24) is 5.32 Å². The number of hydrogen-bond acceptors (Lipinski definition) is 3. The molecule has 112 valence electrons. The molecule has 1 N–H and O–H groups in total. The van der Waals surface area contributed by atoms with Gasteiger partial charge in [-0.3, -0.25) is 4.79 Å². The van der Waals surface area contributed by atoms with Gasteiger partial charge in [0.15, 0.2) is 0 Å². The first kappa shape index (κ1) is 15.2. The summed E-state index contributed by atoms with van der Waals surface area (Å²) in [4.78, 5) is 14.3. The van der Waals surface area contributed by atoms with Crippen molar-refractivity contribution in [1.29, 1.82) is 0 Å². The van der Waals surface area contributed by atoms with Crippen LogP contribution in [0.1, 0.15) is 28.8 Å².